The average molecular weight is 368 g/mol. The molecule has 0 amide bonds. The maximum Gasteiger partial charge on any atom is 0.270 e. The highest BCUT2D eigenvalue weighted by Gasteiger charge is 2.35. The second-order valence-electron chi connectivity index (χ2n) is 8.07. The lowest BCUT2D eigenvalue weighted by Crippen LogP contribution is -2.34. The number of benzene rings is 1. The minimum absolute atomic E-state index is 0.0426. The smallest absolute Gasteiger partial charge is 0.270 e. The maximum atomic E-state index is 14.6. The molecule has 0 aromatic heterocycles. The number of ether oxygens (including phenoxy) is 1. The van der Waals surface area contributed by atoms with E-state index in [4.69, 9.17) is 4.74 Å². The van der Waals surface area contributed by atoms with Gasteiger partial charge in [0.15, 0.2) is 0 Å². The standard InChI is InChI=1S/C22H31F3O/c1-3-5-14-7-9-15(10-8-14)18-12-11-17-13-16(6-4-2)20(23)19(22(24)25)21(17)26-18/h13-15,18,22H,3-12H2,1-2H3. The zero-order chi connectivity index (χ0) is 18.7. The third-order valence-electron chi connectivity index (χ3n) is 6.22. The molecular weight excluding hydrogens is 337 g/mol. The molecule has 1 fully saturated rings. The third-order valence-corrected chi connectivity index (χ3v) is 6.22. The van der Waals surface area contributed by atoms with E-state index in [0.29, 0.717) is 24.3 Å². The molecule has 0 N–H and O–H groups in total. The van der Waals surface area contributed by atoms with Crippen molar-refractivity contribution < 1.29 is 17.9 Å². The van der Waals surface area contributed by atoms with Crippen LogP contribution in [0.1, 0.15) is 88.3 Å². The summed E-state index contributed by atoms with van der Waals surface area (Å²) in [7, 11) is 0. The van der Waals surface area contributed by atoms with Crippen LogP contribution in [0.4, 0.5) is 13.2 Å². The van der Waals surface area contributed by atoms with Gasteiger partial charge in [-0.25, -0.2) is 13.2 Å². The van der Waals surface area contributed by atoms with Crippen molar-refractivity contribution in [3.63, 3.8) is 0 Å². The van der Waals surface area contributed by atoms with Gasteiger partial charge in [-0.2, -0.15) is 0 Å². The first kappa shape index (κ1) is 19.6. The van der Waals surface area contributed by atoms with Crippen LogP contribution in [-0.2, 0) is 12.8 Å². The first-order chi connectivity index (χ1) is 12.5. The van der Waals surface area contributed by atoms with E-state index in [1.54, 1.807) is 6.07 Å². The molecule has 26 heavy (non-hydrogen) atoms. The lowest BCUT2D eigenvalue weighted by Gasteiger charge is -2.37. The molecule has 2 aliphatic rings. The molecule has 4 heteroatoms. The molecule has 1 aromatic carbocycles. The molecule has 1 heterocycles. The van der Waals surface area contributed by atoms with E-state index in [1.807, 2.05) is 6.92 Å². The number of alkyl halides is 2. The van der Waals surface area contributed by atoms with E-state index >= 15 is 0 Å². The molecular formula is C22H31F3O. The van der Waals surface area contributed by atoms with Gasteiger partial charge in [0, 0.05) is 0 Å². The van der Waals surface area contributed by atoms with Crippen molar-refractivity contribution >= 4 is 0 Å². The predicted molar refractivity (Wildman–Crippen MR) is 98.4 cm³/mol. The van der Waals surface area contributed by atoms with E-state index in [1.165, 1.54) is 25.7 Å². The molecule has 3 rings (SSSR count). The molecule has 0 radical (unpaired) electrons. The number of rotatable bonds is 6. The molecule has 1 aromatic rings. The number of fused-ring (bicyclic) bond motifs is 1. The van der Waals surface area contributed by atoms with E-state index in [0.717, 1.165) is 37.2 Å². The van der Waals surface area contributed by atoms with Crippen LogP contribution in [-0.4, -0.2) is 6.10 Å². The van der Waals surface area contributed by atoms with Crippen LogP contribution in [0.2, 0.25) is 0 Å². The molecule has 1 atom stereocenters. The van der Waals surface area contributed by atoms with Crippen LogP contribution in [0, 0.1) is 17.7 Å². The van der Waals surface area contributed by atoms with Crippen LogP contribution < -0.4 is 4.74 Å². The van der Waals surface area contributed by atoms with Crippen molar-refractivity contribution in [2.45, 2.75) is 90.6 Å². The van der Waals surface area contributed by atoms with Crippen molar-refractivity contribution in [2.24, 2.45) is 11.8 Å². The number of halogens is 3. The van der Waals surface area contributed by atoms with Crippen LogP contribution in [0.15, 0.2) is 6.07 Å². The zero-order valence-corrected chi connectivity index (χ0v) is 16.0. The maximum absolute atomic E-state index is 14.6. The highest BCUT2D eigenvalue weighted by molar-refractivity contribution is 5.48. The van der Waals surface area contributed by atoms with Crippen molar-refractivity contribution in [2.75, 3.05) is 0 Å². The van der Waals surface area contributed by atoms with Crippen molar-refractivity contribution in [3.05, 3.63) is 28.6 Å². The monoisotopic (exact) mass is 368 g/mol. The van der Waals surface area contributed by atoms with Gasteiger partial charge in [0.2, 0.25) is 0 Å². The fourth-order valence-electron chi connectivity index (χ4n) is 4.85. The SMILES string of the molecule is CCCc1cc2c(c(C(F)F)c1F)OC(C1CCC(CCC)CC1)CC2. The molecule has 1 aliphatic carbocycles. The number of aryl methyl sites for hydroxylation is 2. The molecule has 0 saturated heterocycles. The van der Waals surface area contributed by atoms with E-state index in [9.17, 15) is 13.2 Å². The molecule has 0 spiro atoms. The topological polar surface area (TPSA) is 9.23 Å². The number of hydrogen-bond acceptors (Lipinski definition) is 1. The van der Waals surface area contributed by atoms with Gasteiger partial charge in [-0.15, -0.1) is 0 Å². The second kappa shape index (κ2) is 8.67. The van der Waals surface area contributed by atoms with Gasteiger partial charge in [-0.3, -0.25) is 0 Å². The molecule has 146 valence electrons. The summed E-state index contributed by atoms with van der Waals surface area (Å²) in [5.41, 5.74) is 0.667. The first-order valence-electron chi connectivity index (χ1n) is 10.3. The minimum Gasteiger partial charge on any atom is -0.489 e. The summed E-state index contributed by atoms with van der Waals surface area (Å²) in [4.78, 5) is 0. The summed E-state index contributed by atoms with van der Waals surface area (Å²) in [6.45, 7) is 4.16. The van der Waals surface area contributed by atoms with Gasteiger partial charge in [0.1, 0.15) is 17.7 Å². The summed E-state index contributed by atoms with van der Waals surface area (Å²) in [6, 6.07) is 1.76. The lowest BCUT2D eigenvalue weighted by molar-refractivity contribution is 0.0668. The number of hydrogen-bond donors (Lipinski definition) is 0. The summed E-state index contributed by atoms with van der Waals surface area (Å²) < 4.78 is 47.9. The van der Waals surface area contributed by atoms with Crippen molar-refractivity contribution in [3.8, 4) is 5.75 Å². The van der Waals surface area contributed by atoms with Crippen LogP contribution in [0.5, 0.6) is 5.75 Å². The largest absolute Gasteiger partial charge is 0.489 e. The Morgan fingerprint density at radius 1 is 1.08 bits per heavy atom. The van der Waals surface area contributed by atoms with E-state index in [2.05, 4.69) is 6.92 Å². The Kier molecular flexibility index (Phi) is 6.52. The Hall–Kier alpha value is -1.19. The molecule has 1 unspecified atom stereocenters. The van der Waals surface area contributed by atoms with Gasteiger partial charge >= 0.3 is 0 Å². The molecule has 1 aliphatic heterocycles. The average Bonchev–Trinajstić information content (AvgIpc) is 2.63. The van der Waals surface area contributed by atoms with Crippen LogP contribution >= 0.6 is 0 Å². The van der Waals surface area contributed by atoms with Crippen molar-refractivity contribution in [1.29, 1.82) is 0 Å². The Labute approximate surface area is 155 Å². The first-order valence-corrected chi connectivity index (χ1v) is 10.3. The molecule has 1 nitrogen and oxygen atoms in total. The third kappa shape index (κ3) is 4.04. The molecule has 0 bridgehead atoms. The van der Waals surface area contributed by atoms with E-state index in [-0.39, 0.29) is 11.9 Å². The van der Waals surface area contributed by atoms with Crippen LogP contribution in [0.25, 0.3) is 0 Å². The van der Waals surface area contributed by atoms with Gasteiger partial charge < -0.3 is 4.74 Å². The second-order valence-corrected chi connectivity index (χ2v) is 8.07. The Morgan fingerprint density at radius 2 is 1.81 bits per heavy atom. The summed E-state index contributed by atoms with van der Waals surface area (Å²) in [6.07, 6.45) is 7.04. The lowest BCUT2D eigenvalue weighted by atomic mass is 9.76. The Morgan fingerprint density at radius 3 is 2.42 bits per heavy atom. The highest BCUT2D eigenvalue weighted by atomic mass is 19.3. The van der Waals surface area contributed by atoms with Crippen LogP contribution in [0.3, 0.4) is 0 Å². The predicted octanol–water partition coefficient (Wildman–Crippen LogP) is 7.02. The zero-order valence-electron chi connectivity index (χ0n) is 16.0. The Balaban J connectivity index is 1.78. The Bertz CT molecular complexity index is 606. The highest BCUT2D eigenvalue weighted by Crippen LogP contribution is 2.44. The van der Waals surface area contributed by atoms with Crippen molar-refractivity contribution in [1.82, 2.24) is 0 Å². The van der Waals surface area contributed by atoms with Gasteiger partial charge in [0.25, 0.3) is 6.43 Å². The minimum atomic E-state index is -2.83. The van der Waals surface area contributed by atoms with Gasteiger partial charge in [-0.1, -0.05) is 46.0 Å². The summed E-state index contributed by atoms with van der Waals surface area (Å²) >= 11 is 0. The fourth-order valence-corrected chi connectivity index (χ4v) is 4.85. The van der Waals surface area contributed by atoms with Gasteiger partial charge in [-0.05, 0) is 61.1 Å². The van der Waals surface area contributed by atoms with E-state index < -0.39 is 17.8 Å². The fraction of sp³-hybridized carbons (Fsp3) is 0.727. The summed E-state index contributed by atoms with van der Waals surface area (Å²) in [5, 5.41) is 0. The quantitative estimate of drug-likeness (QED) is 0.524. The summed E-state index contributed by atoms with van der Waals surface area (Å²) in [5.74, 6) is 0.607. The molecule has 1 saturated carbocycles. The van der Waals surface area contributed by atoms with Gasteiger partial charge in [0.05, 0.1) is 5.56 Å². The normalized spacial score (nSPS) is 25.8.